The van der Waals surface area contributed by atoms with Gasteiger partial charge in [0.25, 0.3) is 0 Å². The van der Waals surface area contributed by atoms with Crippen LogP contribution in [0, 0.1) is 6.92 Å². The van der Waals surface area contributed by atoms with Crippen molar-refractivity contribution in [3.63, 3.8) is 0 Å². The highest BCUT2D eigenvalue weighted by Gasteiger charge is 2.06. The molecule has 5 nitrogen and oxygen atoms in total. The number of aromatic nitrogens is 1. The smallest absolute Gasteiger partial charge is 0.319 e. The largest absolute Gasteiger partial charge is 0.491 e. The molecule has 1 heterocycles. The Morgan fingerprint density at radius 3 is 2.88 bits per heavy atom. The van der Waals surface area contributed by atoms with E-state index in [1.807, 2.05) is 49.4 Å². The number of rotatable bonds is 5. The summed E-state index contributed by atoms with van der Waals surface area (Å²) in [5, 5.41) is 7.23. The molecule has 0 aliphatic heterocycles. The number of anilines is 1. The Morgan fingerprint density at radius 1 is 1.20 bits per heavy atom. The number of fused-ring (bicyclic) bond motifs is 1. The van der Waals surface area contributed by atoms with Gasteiger partial charge in [-0.15, -0.1) is 0 Å². The zero-order chi connectivity index (χ0) is 17.6. The van der Waals surface area contributed by atoms with Crippen LogP contribution in [0.3, 0.4) is 0 Å². The highest BCUT2D eigenvalue weighted by atomic mass is 35.5. The van der Waals surface area contributed by atoms with E-state index in [0.29, 0.717) is 23.9 Å². The summed E-state index contributed by atoms with van der Waals surface area (Å²) in [5.41, 5.74) is 2.39. The maximum absolute atomic E-state index is 12.1. The highest BCUT2D eigenvalue weighted by Crippen LogP contribution is 2.22. The molecule has 2 amide bonds. The molecule has 2 aromatic carbocycles. The number of ether oxygens (including phenoxy) is 1. The molecule has 0 atom stereocenters. The second kappa shape index (κ2) is 7.85. The summed E-state index contributed by atoms with van der Waals surface area (Å²) in [7, 11) is 0. The number of para-hydroxylation sites is 1. The Labute approximate surface area is 151 Å². The number of nitrogens with one attached hydrogen (secondary N) is 2. The Morgan fingerprint density at radius 2 is 2.04 bits per heavy atom. The molecular weight excluding hydrogens is 338 g/mol. The van der Waals surface area contributed by atoms with Gasteiger partial charge in [0, 0.05) is 16.6 Å². The van der Waals surface area contributed by atoms with Crippen molar-refractivity contribution >= 4 is 34.2 Å². The molecule has 0 saturated carbocycles. The van der Waals surface area contributed by atoms with Gasteiger partial charge in [-0.25, -0.2) is 4.79 Å². The van der Waals surface area contributed by atoms with Gasteiger partial charge >= 0.3 is 6.03 Å². The Bertz CT molecular complexity index is 893. The van der Waals surface area contributed by atoms with Crippen molar-refractivity contribution in [1.82, 2.24) is 10.3 Å². The van der Waals surface area contributed by atoms with Gasteiger partial charge in [0.2, 0.25) is 0 Å². The molecule has 3 aromatic rings. The first-order valence-corrected chi connectivity index (χ1v) is 8.29. The van der Waals surface area contributed by atoms with E-state index in [4.69, 9.17) is 16.3 Å². The fraction of sp³-hybridized carbons (Fsp3) is 0.158. The van der Waals surface area contributed by atoms with Gasteiger partial charge in [-0.05, 0) is 42.8 Å². The second-order valence-corrected chi connectivity index (χ2v) is 5.96. The summed E-state index contributed by atoms with van der Waals surface area (Å²) >= 11 is 5.91. The number of amides is 2. The number of pyridine rings is 1. The summed E-state index contributed by atoms with van der Waals surface area (Å²) in [6.07, 6.45) is 1.70. The number of aryl methyl sites for hydroxylation is 1. The first-order chi connectivity index (χ1) is 12.1. The van der Waals surface area contributed by atoms with Gasteiger partial charge in [-0.2, -0.15) is 0 Å². The van der Waals surface area contributed by atoms with E-state index < -0.39 is 0 Å². The topological polar surface area (TPSA) is 63.2 Å². The summed E-state index contributed by atoms with van der Waals surface area (Å²) in [6.45, 7) is 2.67. The van der Waals surface area contributed by atoms with Crippen molar-refractivity contribution in [2.24, 2.45) is 0 Å². The summed E-state index contributed by atoms with van der Waals surface area (Å²) < 4.78 is 5.65. The van der Waals surface area contributed by atoms with E-state index in [9.17, 15) is 4.79 Å². The number of benzene rings is 2. The molecule has 25 heavy (non-hydrogen) atoms. The van der Waals surface area contributed by atoms with Crippen molar-refractivity contribution in [2.45, 2.75) is 6.92 Å². The lowest BCUT2D eigenvalue weighted by Gasteiger charge is -2.11. The maximum Gasteiger partial charge on any atom is 0.319 e. The van der Waals surface area contributed by atoms with Crippen LogP contribution in [0.4, 0.5) is 10.5 Å². The average molecular weight is 356 g/mol. The van der Waals surface area contributed by atoms with Crippen molar-refractivity contribution < 1.29 is 9.53 Å². The van der Waals surface area contributed by atoms with Gasteiger partial charge in [0.15, 0.2) is 0 Å². The molecule has 6 heteroatoms. The summed E-state index contributed by atoms with van der Waals surface area (Å²) in [6, 6.07) is 14.6. The van der Waals surface area contributed by atoms with Crippen molar-refractivity contribution in [1.29, 1.82) is 0 Å². The molecule has 0 unspecified atom stereocenters. The molecule has 0 radical (unpaired) electrons. The zero-order valence-electron chi connectivity index (χ0n) is 13.8. The summed E-state index contributed by atoms with van der Waals surface area (Å²) in [4.78, 5) is 16.4. The third kappa shape index (κ3) is 4.39. The van der Waals surface area contributed by atoms with Crippen LogP contribution in [0.5, 0.6) is 5.75 Å². The van der Waals surface area contributed by atoms with Crippen LogP contribution in [0.25, 0.3) is 10.9 Å². The minimum absolute atomic E-state index is 0.297. The van der Waals surface area contributed by atoms with E-state index in [1.54, 1.807) is 12.3 Å². The molecule has 1 aromatic heterocycles. The van der Waals surface area contributed by atoms with Crippen LogP contribution in [0.1, 0.15) is 5.56 Å². The molecule has 0 bridgehead atoms. The van der Waals surface area contributed by atoms with E-state index in [2.05, 4.69) is 15.6 Å². The van der Waals surface area contributed by atoms with Crippen LogP contribution in [0.2, 0.25) is 5.02 Å². The SMILES string of the molecule is Cc1cc(Cl)ccc1OCCNC(=O)Nc1cccc2cccnc12. The van der Waals surface area contributed by atoms with Gasteiger partial charge in [0.1, 0.15) is 12.4 Å². The number of hydrogen-bond donors (Lipinski definition) is 2. The minimum atomic E-state index is -0.297. The molecule has 2 N–H and O–H groups in total. The van der Waals surface area contributed by atoms with E-state index in [0.717, 1.165) is 22.2 Å². The molecule has 0 fully saturated rings. The third-order valence-electron chi connectivity index (χ3n) is 3.66. The lowest BCUT2D eigenvalue weighted by molar-refractivity contribution is 0.247. The maximum atomic E-state index is 12.1. The lowest BCUT2D eigenvalue weighted by Crippen LogP contribution is -2.32. The molecular formula is C19H18ClN3O2. The van der Waals surface area contributed by atoms with Crippen molar-refractivity contribution in [3.05, 3.63) is 65.3 Å². The first kappa shape index (κ1) is 17.0. The number of urea groups is 1. The zero-order valence-corrected chi connectivity index (χ0v) is 14.5. The molecule has 0 saturated heterocycles. The molecule has 0 spiro atoms. The number of hydrogen-bond acceptors (Lipinski definition) is 3. The normalized spacial score (nSPS) is 10.5. The second-order valence-electron chi connectivity index (χ2n) is 5.52. The Hall–Kier alpha value is -2.79. The van der Waals surface area contributed by atoms with E-state index >= 15 is 0 Å². The van der Waals surface area contributed by atoms with Crippen molar-refractivity contribution in [2.75, 3.05) is 18.5 Å². The van der Waals surface area contributed by atoms with Crippen LogP contribution in [-0.2, 0) is 0 Å². The van der Waals surface area contributed by atoms with E-state index in [1.165, 1.54) is 0 Å². The highest BCUT2D eigenvalue weighted by molar-refractivity contribution is 6.30. The molecule has 3 rings (SSSR count). The molecule has 0 aliphatic carbocycles. The Kier molecular flexibility index (Phi) is 5.36. The minimum Gasteiger partial charge on any atom is -0.491 e. The average Bonchev–Trinajstić information content (AvgIpc) is 2.60. The first-order valence-electron chi connectivity index (χ1n) is 7.91. The number of carbonyl (C=O) groups excluding carboxylic acids is 1. The van der Waals surface area contributed by atoms with Gasteiger partial charge in [-0.3, -0.25) is 4.98 Å². The Balaban J connectivity index is 1.51. The van der Waals surface area contributed by atoms with Crippen LogP contribution < -0.4 is 15.4 Å². The van der Waals surface area contributed by atoms with Gasteiger partial charge in [0.05, 0.1) is 17.7 Å². The van der Waals surface area contributed by atoms with Crippen LogP contribution in [-0.4, -0.2) is 24.2 Å². The van der Waals surface area contributed by atoms with Crippen LogP contribution in [0.15, 0.2) is 54.7 Å². The standard InChI is InChI=1S/C19H18ClN3O2/c1-13-12-15(20)7-8-17(13)25-11-10-22-19(24)23-16-6-2-4-14-5-3-9-21-18(14)16/h2-9,12H,10-11H2,1H3,(H2,22,23,24). The number of halogens is 1. The predicted molar refractivity (Wildman–Crippen MR) is 100 cm³/mol. The number of carbonyl (C=O) groups is 1. The summed E-state index contributed by atoms with van der Waals surface area (Å²) in [5.74, 6) is 0.755. The number of nitrogens with zero attached hydrogens (tertiary/aromatic N) is 1. The fourth-order valence-electron chi connectivity index (χ4n) is 2.47. The van der Waals surface area contributed by atoms with E-state index in [-0.39, 0.29) is 6.03 Å². The predicted octanol–water partition coefficient (Wildman–Crippen LogP) is 4.40. The van der Waals surface area contributed by atoms with Gasteiger partial charge in [-0.1, -0.05) is 29.8 Å². The third-order valence-corrected chi connectivity index (χ3v) is 3.90. The quantitative estimate of drug-likeness (QED) is 0.667. The monoisotopic (exact) mass is 355 g/mol. The van der Waals surface area contributed by atoms with Gasteiger partial charge < -0.3 is 15.4 Å². The lowest BCUT2D eigenvalue weighted by atomic mass is 10.2. The van der Waals surface area contributed by atoms with Crippen molar-refractivity contribution in [3.8, 4) is 5.75 Å². The molecule has 128 valence electrons. The molecule has 0 aliphatic rings. The van der Waals surface area contributed by atoms with Crippen LogP contribution >= 0.6 is 11.6 Å². The fourth-order valence-corrected chi connectivity index (χ4v) is 2.70.